The summed E-state index contributed by atoms with van der Waals surface area (Å²) in [5.74, 6) is -0.0544. The van der Waals surface area contributed by atoms with E-state index in [1.54, 1.807) is 28.1 Å². The van der Waals surface area contributed by atoms with Crippen molar-refractivity contribution in [1.82, 2.24) is 20.2 Å². The third-order valence-electron chi connectivity index (χ3n) is 7.09. The Bertz CT molecular complexity index is 1560. The van der Waals surface area contributed by atoms with Crippen LogP contribution in [0.15, 0.2) is 48.8 Å². The molecule has 6 rings (SSSR count). The van der Waals surface area contributed by atoms with Gasteiger partial charge in [0.15, 0.2) is 0 Å². The van der Waals surface area contributed by atoms with Crippen LogP contribution < -0.4 is 20.3 Å². The van der Waals surface area contributed by atoms with E-state index in [1.165, 1.54) is 17.4 Å². The van der Waals surface area contributed by atoms with Crippen LogP contribution >= 0.6 is 11.3 Å². The number of urea groups is 1. The van der Waals surface area contributed by atoms with Crippen molar-refractivity contribution in [1.29, 1.82) is 0 Å². The van der Waals surface area contributed by atoms with Crippen LogP contribution in [0.3, 0.4) is 0 Å². The lowest BCUT2D eigenvalue weighted by atomic mass is 10.1. The first-order chi connectivity index (χ1) is 19.4. The summed E-state index contributed by atoms with van der Waals surface area (Å²) in [5.41, 5.74) is 2.89. The van der Waals surface area contributed by atoms with E-state index in [9.17, 15) is 14.4 Å². The van der Waals surface area contributed by atoms with E-state index in [-0.39, 0.29) is 24.5 Å². The fourth-order valence-electron chi connectivity index (χ4n) is 5.13. The third kappa shape index (κ3) is 4.80. The van der Waals surface area contributed by atoms with Gasteiger partial charge in [0.2, 0.25) is 11.8 Å². The van der Waals surface area contributed by atoms with E-state index in [4.69, 9.17) is 9.47 Å². The number of aryl methyl sites for hydroxylation is 1. The lowest BCUT2D eigenvalue weighted by molar-refractivity contribution is -0.125. The van der Waals surface area contributed by atoms with Crippen LogP contribution in [0.4, 0.5) is 21.9 Å². The van der Waals surface area contributed by atoms with Crippen LogP contribution in [-0.2, 0) is 9.53 Å². The van der Waals surface area contributed by atoms with E-state index in [0.29, 0.717) is 75.6 Å². The lowest BCUT2D eigenvalue weighted by Gasteiger charge is -2.29. The number of carbonyl (C=O) groups is 3. The number of aromatic nitrogens is 2. The molecule has 0 atom stereocenters. The predicted molar refractivity (Wildman–Crippen MR) is 151 cm³/mol. The summed E-state index contributed by atoms with van der Waals surface area (Å²) < 4.78 is 11.4. The molecular weight excluding hydrogens is 532 g/mol. The van der Waals surface area contributed by atoms with Crippen molar-refractivity contribution < 1.29 is 23.9 Å². The Labute approximate surface area is 234 Å². The molecule has 12 heteroatoms. The topological polar surface area (TPSA) is 126 Å². The number of carbonyl (C=O) groups excluding carboxylic acids is 3. The van der Waals surface area contributed by atoms with Gasteiger partial charge in [-0.05, 0) is 31.6 Å². The fourth-order valence-corrected chi connectivity index (χ4v) is 6.15. The molecular formula is C28H28N6O5S. The number of pyridine rings is 2. The van der Waals surface area contributed by atoms with Gasteiger partial charge in [0, 0.05) is 37.3 Å². The Morgan fingerprint density at radius 3 is 2.85 bits per heavy atom. The second-order valence-electron chi connectivity index (χ2n) is 9.70. The number of nitrogens with one attached hydrogen (secondary N) is 2. The van der Waals surface area contributed by atoms with E-state index in [1.807, 2.05) is 19.1 Å². The molecule has 0 aromatic carbocycles. The number of thiophene rings is 1. The molecule has 3 aliphatic rings. The van der Waals surface area contributed by atoms with Crippen LogP contribution in [0.5, 0.6) is 5.88 Å². The van der Waals surface area contributed by atoms with Crippen molar-refractivity contribution in [2.75, 3.05) is 36.5 Å². The van der Waals surface area contributed by atoms with Gasteiger partial charge in [-0.25, -0.2) is 14.8 Å². The number of nitrogens with zero attached hydrogens (tertiary/aromatic N) is 4. The standard InChI is InChI=1S/C28H28N6O5S/c1-3-22(35)33-12-4-5-17(15-33)31-26(36)25-24-23-20(8-11-29-27(23)40-25)34(28(37)32-24)19-6-7-21(30-16(19)2)39-18-9-13-38-14-10-18/h3,5-8,11,18H,1,4,9-10,12-15H2,2H3,(H,31,36)(H,32,37). The number of hydrogen-bond acceptors (Lipinski definition) is 8. The SMILES string of the molecule is C=CC(=O)N1CCC=C(NC(=O)c2sc3nccc4c3c2NC(=O)N4c2ccc(OC3CCOCC3)nc2C)C1. The number of amides is 4. The Morgan fingerprint density at radius 1 is 1.25 bits per heavy atom. The zero-order chi connectivity index (χ0) is 27.8. The van der Waals surface area contributed by atoms with E-state index in [0.717, 1.165) is 12.8 Å². The Kier molecular flexibility index (Phi) is 6.95. The molecule has 1 fully saturated rings. The fraction of sp³-hybridized carbons (Fsp3) is 0.321. The van der Waals surface area contributed by atoms with E-state index < -0.39 is 6.03 Å². The maximum absolute atomic E-state index is 13.5. The normalized spacial score (nSPS) is 17.3. The first kappa shape index (κ1) is 26.0. The van der Waals surface area contributed by atoms with Gasteiger partial charge in [-0.1, -0.05) is 12.7 Å². The smallest absolute Gasteiger partial charge is 0.331 e. The minimum atomic E-state index is -0.407. The summed E-state index contributed by atoms with van der Waals surface area (Å²) in [6.45, 7) is 7.55. The van der Waals surface area contributed by atoms with Crippen molar-refractivity contribution in [2.24, 2.45) is 0 Å². The molecule has 40 heavy (non-hydrogen) atoms. The average Bonchev–Trinajstić information content (AvgIpc) is 3.33. The highest BCUT2D eigenvalue weighted by Gasteiger charge is 2.34. The van der Waals surface area contributed by atoms with E-state index >= 15 is 0 Å². The van der Waals surface area contributed by atoms with Gasteiger partial charge < -0.3 is 25.0 Å². The summed E-state index contributed by atoms with van der Waals surface area (Å²) in [7, 11) is 0. The van der Waals surface area contributed by atoms with Crippen LogP contribution in [0, 0.1) is 6.92 Å². The van der Waals surface area contributed by atoms with Gasteiger partial charge in [0.1, 0.15) is 15.8 Å². The summed E-state index contributed by atoms with van der Waals surface area (Å²) >= 11 is 1.20. The van der Waals surface area contributed by atoms with Crippen molar-refractivity contribution in [3.8, 4) is 5.88 Å². The van der Waals surface area contributed by atoms with Gasteiger partial charge in [-0.15, -0.1) is 11.3 Å². The molecule has 0 spiro atoms. The van der Waals surface area contributed by atoms with Gasteiger partial charge in [-0.2, -0.15) is 0 Å². The third-order valence-corrected chi connectivity index (χ3v) is 8.19. The first-order valence-electron chi connectivity index (χ1n) is 13.1. The number of hydrogen-bond donors (Lipinski definition) is 2. The second-order valence-corrected chi connectivity index (χ2v) is 10.7. The molecule has 2 N–H and O–H groups in total. The quantitative estimate of drug-likeness (QED) is 0.431. The molecule has 0 aliphatic carbocycles. The second kappa shape index (κ2) is 10.7. The molecule has 0 bridgehead atoms. The number of ether oxygens (including phenoxy) is 2. The van der Waals surface area contributed by atoms with Crippen LogP contribution in [-0.4, -0.2) is 65.1 Å². The van der Waals surface area contributed by atoms with E-state index in [2.05, 4.69) is 27.2 Å². The first-order valence-corrected chi connectivity index (χ1v) is 13.9. The lowest BCUT2D eigenvalue weighted by Crippen LogP contribution is -2.39. The maximum Gasteiger partial charge on any atom is 0.331 e. The Morgan fingerprint density at radius 2 is 2.08 bits per heavy atom. The Hall–Kier alpha value is -4.29. The highest BCUT2D eigenvalue weighted by molar-refractivity contribution is 7.21. The summed E-state index contributed by atoms with van der Waals surface area (Å²) in [6, 6.07) is 4.94. The maximum atomic E-state index is 13.5. The zero-order valence-corrected chi connectivity index (χ0v) is 22.8. The molecule has 4 amide bonds. The molecule has 206 valence electrons. The molecule has 0 radical (unpaired) electrons. The Balaban J connectivity index is 1.28. The van der Waals surface area contributed by atoms with Gasteiger partial charge in [0.25, 0.3) is 5.91 Å². The average molecular weight is 561 g/mol. The van der Waals surface area contributed by atoms with Crippen molar-refractivity contribution in [3.63, 3.8) is 0 Å². The number of anilines is 3. The number of rotatable bonds is 6. The van der Waals surface area contributed by atoms with Gasteiger partial charge in [-0.3, -0.25) is 14.5 Å². The van der Waals surface area contributed by atoms with Crippen molar-refractivity contribution in [2.45, 2.75) is 32.3 Å². The van der Waals surface area contributed by atoms with Crippen LogP contribution in [0.1, 0.15) is 34.6 Å². The molecule has 11 nitrogen and oxygen atoms in total. The minimum Gasteiger partial charge on any atom is -0.474 e. The van der Waals surface area contributed by atoms with Crippen LogP contribution in [0.25, 0.3) is 10.2 Å². The van der Waals surface area contributed by atoms with Gasteiger partial charge in [0.05, 0.1) is 47.9 Å². The highest BCUT2D eigenvalue weighted by Crippen LogP contribution is 2.46. The molecule has 1 saturated heterocycles. The molecule has 6 heterocycles. The minimum absolute atomic E-state index is 0.0532. The molecule has 3 aromatic rings. The molecule has 3 aliphatic heterocycles. The summed E-state index contributed by atoms with van der Waals surface area (Å²) in [6.07, 6.45) is 7.09. The zero-order valence-electron chi connectivity index (χ0n) is 21.9. The predicted octanol–water partition coefficient (Wildman–Crippen LogP) is 4.27. The molecule has 3 aromatic heterocycles. The summed E-state index contributed by atoms with van der Waals surface area (Å²) in [5, 5.41) is 6.50. The van der Waals surface area contributed by atoms with Crippen molar-refractivity contribution >= 4 is 56.5 Å². The molecule has 0 saturated carbocycles. The monoisotopic (exact) mass is 560 g/mol. The largest absolute Gasteiger partial charge is 0.474 e. The van der Waals surface area contributed by atoms with Crippen LogP contribution in [0.2, 0.25) is 0 Å². The van der Waals surface area contributed by atoms with Gasteiger partial charge >= 0.3 is 6.03 Å². The van der Waals surface area contributed by atoms with Crippen molar-refractivity contribution in [3.05, 3.63) is 59.4 Å². The summed E-state index contributed by atoms with van der Waals surface area (Å²) in [4.78, 5) is 52.1. The molecule has 0 unspecified atom stereocenters. The highest BCUT2D eigenvalue weighted by atomic mass is 32.1.